The molecule has 0 aliphatic carbocycles. The zero-order valence-corrected chi connectivity index (χ0v) is 24.3. The van der Waals surface area contributed by atoms with Gasteiger partial charge in [0.1, 0.15) is 11.2 Å². The quantitative estimate of drug-likeness (QED) is 0.193. The van der Waals surface area contributed by atoms with Crippen LogP contribution in [-0.2, 0) is 0 Å². The minimum atomic E-state index is 0.901. The average Bonchev–Trinajstić information content (AvgIpc) is 3.50. The summed E-state index contributed by atoms with van der Waals surface area (Å²) in [6.07, 6.45) is 1.88. The van der Waals surface area contributed by atoms with E-state index in [2.05, 4.69) is 140 Å². The highest BCUT2D eigenvalue weighted by molar-refractivity contribution is 6.26. The lowest BCUT2D eigenvalue weighted by Gasteiger charge is -2.12. The summed E-state index contributed by atoms with van der Waals surface area (Å²) in [5.74, 6) is 0. The zero-order chi connectivity index (χ0) is 29.5. The molecule has 0 amide bonds. The molecule has 2 heteroatoms. The molecule has 10 rings (SSSR count). The predicted octanol–water partition coefficient (Wildman–Crippen LogP) is 12.1. The molecule has 0 fully saturated rings. The summed E-state index contributed by atoms with van der Waals surface area (Å²) in [6.45, 7) is 0. The Bertz CT molecular complexity index is 2790. The SMILES string of the molecule is c1cnc2c(c1)ccc1cccc(-c3cccc4c3oc3c(-c5ccc6c7ccccc7c7ccccc7c6c5)cccc34)c12. The zero-order valence-electron chi connectivity index (χ0n) is 24.3. The van der Waals surface area contributed by atoms with Crippen LogP contribution in [0.25, 0.3) is 98.2 Å². The topological polar surface area (TPSA) is 26.0 Å². The van der Waals surface area contributed by atoms with Gasteiger partial charge in [0.2, 0.25) is 0 Å². The summed E-state index contributed by atoms with van der Waals surface area (Å²) in [7, 11) is 0. The number of aromatic nitrogens is 1. The monoisotopic (exact) mass is 571 g/mol. The first kappa shape index (κ1) is 24.5. The van der Waals surface area contributed by atoms with Crippen molar-refractivity contribution in [2.24, 2.45) is 0 Å². The first-order valence-corrected chi connectivity index (χ1v) is 15.4. The second-order valence-corrected chi connectivity index (χ2v) is 11.9. The first-order chi connectivity index (χ1) is 22.3. The lowest BCUT2D eigenvalue weighted by molar-refractivity contribution is 0.671. The largest absolute Gasteiger partial charge is 0.455 e. The Morgan fingerprint density at radius 3 is 1.69 bits per heavy atom. The van der Waals surface area contributed by atoms with Crippen molar-refractivity contribution in [2.75, 3.05) is 0 Å². The summed E-state index contributed by atoms with van der Waals surface area (Å²) >= 11 is 0. The second kappa shape index (κ2) is 9.25. The summed E-state index contributed by atoms with van der Waals surface area (Å²) in [6, 6.07) is 52.3. The molecule has 0 N–H and O–H groups in total. The molecule has 0 atom stereocenters. The number of furan rings is 1. The minimum absolute atomic E-state index is 0.901. The number of para-hydroxylation sites is 2. The van der Waals surface area contributed by atoms with Crippen molar-refractivity contribution in [1.82, 2.24) is 4.98 Å². The highest BCUT2D eigenvalue weighted by Crippen LogP contribution is 2.43. The van der Waals surface area contributed by atoms with Crippen LogP contribution in [0.3, 0.4) is 0 Å². The Balaban J connectivity index is 1.25. The van der Waals surface area contributed by atoms with Crippen molar-refractivity contribution in [3.63, 3.8) is 0 Å². The third-order valence-corrected chi connectivity index (χ3v) is 9.48. The van der Waals surface area contributed by atoms with E-state index in [4.69, 9.17) is 9.40 Å². The Kier molecular flexibility index (Phi) is 5.03. The number of rotatable bonds is 2. The fourth-order valence-electron chi connectivity index (χ4n) is 7.47. The van der Waals surface area contributed by atoms with E-state index in [-0.39, 0.29) is 0 Å². The molecule has 2 nitrogen and oxygen atoms in total. The highest BCUT2D eigenvalue weighted by atomic mass is 16.3. The lowest BCUT2D eigenvalue weighted by atomic mass is 9.91. The molecule has 0 bridgehead atoms. The first-order valence-electron chi connectivity index (χ1n) is 15.4. The van der Waals surface area contributed by atoms with E-state index >= 15 is 0 Å². The molecule has 0 spiro atoms. The van der Waals surface area contributed by atoms with Crippen LogP contribution in [-0.4, -0.2) is 4.98 Å². The van der Waals surface area contributed by atoms with Gasteiger partial charge in [-0.3, -0.25) is 4.98 Å². The summed E-state index contributed by atoms with van der Waals surface area (Å²) in [5, 5.41) is 13.3. The van der Waals surface area contributed by atoms with Crippen LogP contribution >= 0.6 is 0 Å². The van der Waals surface area contributed by atoms with Crippen molar-refractivity contribution in [3.8, 4) is 22.3 Å². The van der Waals surface area contributed by atoms with E-state index in [1.807, 2.05) is 12.3 Å². The Hall–Kier alpha value is -5.99. The molecule has 8 aromatic carbocycles. The van der Waals surface area contributed by atoms with E-state index < -0.39 is 0 Å². The number of fused-ring (bicyclic) bond motifs is 12. The third kappa shape index (κ3) is 3.48. The van der Waals surface area contributed by atoms with E-state index in [0.717, 1.165) is 60.5 Å². The molecule has 0 saturated heterocycles. The van der Waals surface area contributed by atoms with Gasteiger partial charge < -0.3 is 4.42 Å². The van der Waals surface area contributed by atoms with Gasteiger partial charge in [-0.1, -0.05) is 133 Å². The lowest BCUT2D eigenvalue weighted by Crippen LogP contribution is -1.86. The molecule has 2 heterocycles. The third-order valence-electron chi connectivity index (χ3n) is 9.48. The van der Waals surface area contributed by atoms with Crippen LogP contribution in [0.15, 0.2) is 156 Å². The molecule has 2 aromatic heterocycles. The number of pyridine rings is 1. The van der Waals surface area contributed by atoms with Crippen LogP contribution in [0.5, 0.6) is 0 Å². The number of nitrogens with zero attached hydrogens (tertiary/aromatic N) is 1. The van der Waals surface area contributed by atoms with Gasteiger partial charge in [0, 0.05) is 38.9 Å². The van der Waals surface area contributed by atoms with E-state index in [1.54, 1.807) is 0 Å². The molecule has 10 aromatic rings. The predicted molar refractivity (Wildman–Crippen MR) is 190 cm³/mol. The highest BCUT2D eigenvalue weighted by Gasteiger charge is 2.18. The molecule has 0 unspecified atom stereocenters. The van der Waals surface area contributed by atoms with Gasteiger partial charge in [-0.15, -0.1) is 0 Å². The van der Waals surface area contributed by atoms with Crippen LogP contribution < -0.4 is 0 Å². The summed E-state index contributed by atoms with van der Waals surface area (Å²) in [4.78, 5) is 4.81. The smallest absolute Gasteiger partial charge is 0.143 e. The number of benzene rings is 8. The van der Waals surface area contributed by atoms with Gasteiger partial charge in [0.05, 0.1) is 5.52 Å². The normalized spacial score (nSPS) is 12.0. The molecular weight excluding hydrogens is 546 g/mol. The maximum Gasteiger partial charge on any atom is 0.143 e. The van der Waals surface area contributed by atoms with Gasteiger partial charge >= 0.3 is 0 Å². The second-order valence-electron chi connectivity index (χ2n) is 11.9. The van der Waals surface area contributed by atoms with E-state index in [1.165, 1.54) is 37.7 Å². The maximum absolute atomic E-state index is 6.93. The van der Waals surface area contributed by atoms with E-state index in [9.17, 15) is 0 Å². The van der Waals surface area contributed by atoms with Gasteiger partial charge in [-0.05, 0) is 61.0 Å². The Morgan fingerprint density at radius 1 is 0.378 bits per heavy atom. The molecule has 0 aliphatic heterocycles. The van der Waals surface area contributed by atoms with Gasteiger partial charge in [0.15, 0.2) is 0 Å². The van der Waals surface area contributed by atoms with Crippen LogP contribution in [0, 0.1) is 0 Å². The average molecular weight is 572 g/mol. The summed E-state index contributed by atoms with van der Waals surface area (Å²) < 4.78 is 6.93. The molecule has 45 heavy (non-hydrogen) atoms. The van der Waals surface area contributed by atoms with Crippen molar-refractivity contribution in [1.29, 1.82) is 0 Å². The van der Waals surface area contributed by atoms with Crippen molar-refractivity contribution >= 4 is 75.9 Å². The van der Waals surface area contributed by atoms with Crippen LogP contribution in [0.1, 0.15) is 0 Å². The molecule has 208 valence electrons. The maximum atomic E-state index is 6.93. The van der Waals surface area contributed by atoms with Crippen molar-refractivity contribution in [3.05, 3.63) is 152 Å². The van der Waals surface area contributed by atoms with E-state index in [0.29, 0.717) is 0 Å². The van der Waals surface area contributed by atoms with Gasteiger partial charge in [0.25, 0.3) is 0 Å². The standard InChI is InChI=1S/C43H25NO/c1-2-13-32-30(11-1)31-12-3-4-14-33(31)39-25-28(22-23-34(32)39)29-15-6-18-37-38-19-7-17-36(43(38)45-42(29)37)35-16-5-9-26-20-21-27-10-8-24-44-41(27)40(26)35/h1-25H. The molecule has 0 radical (unpaired) electrons. The minimum Gasteiger partial charge on any atom is -0.455 e. The summed E-state index contributed by atoms with van der Waals surface area (Å²) in [5.41, 5.74) is 7.27. The van der Waals surface area contributed by atoms with Crippen LogP contribution in [0.2, 0.25) is 0 Å². The molecule has 0 aliphatic rings. The van der Waals surface area contributed by atoms with Crippen molar-refractivity contribution in [2.45, 2.75) is 0 Å². The fourth-order valence-corrected chi connectivity index (χ4v) is 7.47. The molecule has 0 saturated carbocycles. The Labute approximate surface area is 258 Å². The number of hydrogen-bond donors (Lipinski definition) is 0. The van der Waals surface area contributed by atoms with Crippen LogP contribution in [0.4, 0.5) is 0 Å². The number of hydrogen-bond acceptors (Lipinski definition) is 2. The van der Waals surface area contributed by atoms with Gasteiger partial charge in [-0.25, -0.2) is 0 Å². The van der Waals surface area contributed by atoms with Crippen molar-refractivity contribution < 1.29 is 4.42 Å². The molecular formula is C43H25NO. The fraction of sp³-hybridized carbons (Fsp3) is 0. The van der Waals surface area contributed by atoms with Gasteiger partial charge in [-0.2, -0.15) is 0 Å². The Morgan fingerprint density at radius 2 is 0.933 bits per heavy atom.